The molecule has 7 heteroatoms. The molecule has 0 aromatic rings. The fraction of sp³-hybridized carbons (Fsp3) is 0.818. The first kappa shape index (κ1) is 14.8. The highest BCUT2D eigenvalue weighted by Gasteiger charge is 2.62. The Labute approximate surface area is 103 Å². The number of methoxy groups -OCH3 is 1. The Morgan fingerprint density at radius 1 is 1.44 bits per heavy atom. The lowest BCUT2D eigenvalue weighted by molar-refractivity contribution is -0.186. The molecule has 0 bridgehead atoms. The molecule has 0 atom stereocenters. The first-order valence-electron chi connectivity index (χ1n) is 5.49. The quantitative estimate of drug-likeness (QED) is 0.572. The van der Waals surface area contributed by atoms with Gasteiger partial charge >= 0.3 is 5.97 Å². The Morgan fingerprint density at radius 2 is 1.94 bits per heavy atom. The number of nitrogens with one attached hydrogen (secondary N) is 1. The van der Waals surface area contributed by atoms with Crippen LogP contribution in [0.2, 0.25) is 0 Å². The van der Waals surface area contributed by atoms with Gasteiger partial charge in [-0.2, -0.15) is 0 Å². The van der Waals surface area contributed by atoms with Crippen LogP contribution in [-0.2, 0) is 14.3 Å². The van der Waals surface area contributed by atoms with E-state index in [0.717, 1.165) is 7.11 Å². The van der Waals surface area contributed by atoms with E-state index < -0.39 is 35.4 Å². The smallest absolute Gasteiger partial charge is 0.321 e. The van der Waals surface area contributed by atoms with Crippen LogP contribution in [0.25, 0.3) is 0 Å². The van der Waals surface area contributed by atoms with Gasteiger partial charge in [0, 0.05) is 19.8 Å². The number of carbonyl (C=O) groups excluding carboxylic acids is 2. The molecule has 0 unspecified atom stereocenters. The van der Waals surface area contributed by atoms with E-state index in [2.05, 4.69) is 4.74 Å². The number of amides is 1. The van der Waals surface area contributed by atoms with Crippen molar-refractivity contribution >= 4 is 11.9 Å². The monoisotopic (exact) mass is 265 g/mol. The molecule has 0 spiro atoms. The zero-order valence-corrected chi connectivity index (χ0v) is 10.5. The minimum absolute atomic E-state index is 0.131. The summed E-state index contributed by atoms with van der Waals surface area (Å²) in [6.45, 7) is 1.28. The van der Waals surface area contributed by atoms with Crippen molar-refractivity contribution < 1.29 is 28.2 Å². The van der Waals surface area contributed by atoms with Gasteiger partial charge in [0.15, 0.2) is 5.41 Å². The number of hydrogen-bond acceptors (Lipinski definition) is 4. The summed E-state index contributed by atoms with van der Waals surface area (Å²) in [4.78, 5) is 23.4. The van der Waals surface area contributed by atoms with Gasteiger partial charge in [0.25, 0.3) is 5.92 Å². The van der Waals surface area contributed by atoms with Crippen LogP contribution in [-0.4, -0.2) is 42.2 Å². The van der Waals surface area contributed by atoms with Gasteiger partial charge in [0.05, 0.1) is 19.3 Å². The van der Waals surface area contributed by atoms with Gasteiger partial charge in [-0.1, -0.05) is 0 Å². The Morgan fingerprint density at radius 3 is 2.28 bits per heavy atom. The van der Waals surface area contributed by atoms with Gasteiger partial charge < -0.3 is 15.2 Å². The van der Waals surface area contributed by atoms with E-state index in [4.69, 9.17) is 0 Å². The summed E-state index contributed by atoms with van der Waals surface area (Å²) in [7, 11) is 1.11. The molecule has 1 fully saturated rings. The van der Waals surface area contributed by atoms with Crippen molar-refractivity contribution in [2.24, 2.45) is 5.41 Å². The molecule has 2 N–H and O–H groups in total. The fourth-order valence-electron chi connectivity index (χ4n) is 2.25. The Bertz CT molecular complexity index is 355. The molecule has 0 saturated heterocycles. The van der Waals surface area contributed by atoms with Crippen molar-refractivity contribution in [3.63, 3.8) is 0 Å². The Hall–Kier alpha value is -1.24. The number of aliphatic hydroxyl groups is 1. The fourth-order valence-corrected chi connectivity index (χ4v) is 2.25. The van der Waals surface area contributed by atoms with E-state index in [0.29, 0.717) is 6.92 Å². The molecule has 1 rings (SSSR count). The van der Waals surface area contributed by atoms with Gasteiger partial charge in [-0.15, -0.1) is 0 Å². The molecule has 0 heterocycles. The molecule has 0 aromatic heterocycles. The van der Waals surface area contributed by atoms with Crippen molar-refractivity contribution in [3.8, 4) is 0 Å². The second-order valence-electron chi connectivity index (χ2n) is 5.18. The minimum Gasteiger partial charge on any atom is -0.468 e. The summed E-state index contributed by atoms with van der Waals surface area (Å²) >= 11 is 0. The average Bonchev–Trinajstić information content (AvgIpc) is 2.19. The molecular formula is C11H17F2NO4. The lowest BCUT2D eigenvalue weighted by Crippen LogP contribution is -2.62. The van der Waals surface area contributed by atoms with E-state index in [9.17, 15) is 23.5 Å². The van der Waals surface area contributed by atoms with Crippen LogP contribution in [0.1, 0.15) is 26.7 Å². The number of carbonyl (C=O) groups is 2. The number of esters is 1. The predicted molar refractivity (Wildman–Crippen MR) is 57.9 cm³/mol. The summed E-state index contributed by atoms with van der Waals surface area (Å²) in [6.07, 6.45) is -0.262. The third-order valence-corrected chi connectivity index (χ3v) is 2.94. The van der Waals surface area contributed by atoms with E-state index >= 15 is 0 Å². The molecule has 1 aliphatic carbocycles. The third kappa shape index (κ3) is 2.95. The maximum Gasteiger partial charge on any atom is 0.321 e. The first-order valence-corrected chi connectivity index (χ1v) is 5.49. The molecule has 0 radical (unpaired) electrons. The number of alkyl halides is 2. The zero-order valence-electron chi connectivity index (χ0n) is 10.5. The van der Waals surface area contributed by atoms with Gasteiger partial charge in [0.1, 0.15) is 0 Å². The molecule has 104 valence electrons. The van der Waals surface area contributed by atoms with Gasteiger partial charge in [-0.05, 0) is 6.92 Å². The van der Waals surface area contributed by atoms with Crippen LogP contribution in [0.4, 0.5) is 8.78 Å². The standard InChI is InChI=1S/C11H17F2NO4/c1-9(17)4-11(5-9,8(16)18-3)7(15)14-6-10(2,12)13/h17H,4-6H2,1-3H3,(H,14,15). The molecule has 5 nitrogen and oxygen atoms in total. The van der Waals surface area contributed by atoms with Gasteiger partial charge in [-0.3, -0.25) is 9.59 Å². The lowest BCUT2D eigenvalue weighted by atomic mass is 9.59. The highest BCUT2D eigenvalue weighted by Crippen LogP contribution is 2.49. The number of hydrogen-bond donors (Lipinski definition) is 2. The summed E-state index contributed by atoms with van der Waals surface area (Å²) < 4.78 is 29.8. The summed E-state index contributed by atoms with van der Waals surface area (Å²) in [5.74, 6) is -4.70. The minimum atomic E-state index is -3.06. The van der Waals surface area contributed by atoms with Crippen LogP contribution in [0.3, 0.4) is 0 Å². The molecule has 1 aliphatic rings. The average molecular weight is 265 g/mol. The van der Waals surface area contributed by atoms with Gasteiger partial charge in [0.2, 0.25) is 5.91 Å². The Balaban J connectivity index is 2.75. The topological polar surface area (TPSA) is 75.6 Å². The van der Waals surface area contributed by atoms with E-state index in [1.807, 2.05) is 5.32 Å². The zero-order chi connectivity index (χ0) is 14.2. The number of ether oxygens (including phenoxy) is 1. The maximum atomic E-state index is 12.6. The second kappa shape index (κ2) is 4.46. The molecular weight excluding hydrogens is 248 g/mol. The third-order valence-electron chi connectivity index (χ3n) is 2.94. The van der Waals surface area contributed by atoms with Crippen LogP contribution < -0.4 is 5.32 Å². The van der Waals surface area contributed by atoms with Crippen LogP contribution >= 0.6 is 0 Å². The molecule has 1 saturated carbocycles. The normalized spacial score (nSPS) is 31.4. The predicted octanol–water partition coefficient (Wildman–Crippen LogP) is 0.462. The van der Waals surface area contributed by atoms with Crippen molar-refractivity contribution in [2.45, 2.75) is 38.2 Å². The van der Waals surface area contributed by atoms with Crippen LogP contribution in [0.5, 0.6) is 0 Å². The largest absolute Gasteiger partial charge is 0.468 e. The highest BCUT2D eigenvalue weighted by atomic mass is 19.3. The SMILES string of the molecule is COC(=O)C1(C(=O)NCC(C)(F)F)CC(C)(O)C1. The maximum absolute atomic E-state index is 12.6. The lowest BCUT2D eigenvalue weighted by Gasteiger charge is -2.47. The Kier molecular flexibility index (Phi) is 3.67. The van der Waals surface area contributed by atoms with Crippen LogP contribution in [0, 0.1) is 5.41 Å². The van der Waals surface area contributed by atoms with Crippen molar-refractivity contribution in [3.05, 3.63) is 0 Å². The van der Waals surface area contributed by atoms with Crippen molar-refractivity contribution in [2.75, 3.05) is 13.7 Å². The molecule has 0 aromatic carbocycles. The summed E-state index contributed by atoms with van der Waals surface area (Å²) in [5, 5.41) is 11.7. The van der Waals surface area contributed by atoms with Gasteiger partial charge in [-0.25, -0.2) is 8.78 Å². The molecule has 0 aliphatic heterocycles. The number of rotatable bonds is 4. The van der Waals surface area contributed by atoms with E-state index in [1.54, 1.807) is 0 Å². The van der Waals surface area contributed by atoms with Crippen molar-refractivity contribution in [1.29, 1.82) is 0 Å². The second-order valence-corrected chi connectivity index (χ2v) is 5.18. The van der Waals surface area contributed by atoms with E-state index in [1.165, 1.54) is 6.92 Å². The molecule has 18 heavy (non-hydrogen) atoms. The summed E-state index contributed by atoms with van der Waals surface area (Å²) in [5.41, 5.74) is -2.70. The summed E-state index contributed by atoms with van der Waals surface area (Å²) in [6, 6.07) is 0. The van der Waals surface area contributed by atoms with Crippen LogP contribution in [0.15, 0.2) is 0 Å². The first-order chi connectivity index (χ1) is 8.02. The molecule has 1 amide bonds. The van der Waals surface area contributed by atoms with Crippen molar-refractivity contribution in [1.82, 2.24) is 5.32 Å². The highest BCUT2D eigenvalue weighted by molar-refractivity contribution is 6.04. The van der Waals surface area contributed by atoms with E-state index in [-0.39, 0.29) is 12.8 Å². The number of halogens is 2.